The molecule has 0 aliphatic heterocycles. The Kier molecular flexibility index (Phi) is 8.60. The van der Waals surface area contributed by atoms with Gasteiger partial charge in [-0.2, -0.15) is 0 Å². The van der Waals surface area contributed by atoms with E-state index in [0.717, 1.165) is 18.4 Å². The van der Waals surface area contributed by atoms with Crippen LogP contribution in [0.3, 0.4) is 0 Å². The van der Waals surface area contributed by atoms with E-state index in [-0.39, 0.29) is 18.2 Å². The first kappa shape index (κ1) is 27.4. The second-order valence-corrected chi connectivity index (χ2v) is 9.66. The predicted molar refractivity (Wildman–Crippen MR) is 145 cm³/mol. The van der Waals surface area contributed by atoms with E-state index >= 15 is 0 Å². The van der Waals surface area contributed by atoms with Gasteiger partial charge in [0.1, 0.15) is 11.5 Å². The topological polar surface area (TPSA) is 142 Å². The lowest BCUT2D eigenvalue weighted by atomic mass is 9.78. The second kappa shape index (κ2) is 12.3. The van der Waals surface area contributed by atoms with Gasteiger partial charge in [-0.15, -0.1) is 0 Å². The van der Waals surface area contributed by atoms with E-state index in [0.29, 0.717) is 46.8 Å². The summed E-state index contributed by atoms with van der Waals surface area (Å²) in [5, 5.41) is 24.1. The number of aliphatic carboxylic acids is 2. The van der Waals surface area contributed by atoms with Crippen molar-refractivity contribution >= 4 is 35.1 Å². The average Bonchev–Trinajstić information content (AvgIpc) is 2.91. The highest BCUT2D eigenvalue weighted by Crippen LogP contribution is 2.32. The molecule has 2 unspecified atom stereocenters. The van der Waals surface area contributed by atoms with Crippen LogP contribution >= 0.6 is 0 Å². The summed E-state index contributed by atoms with van der Waals surface area (Å²) in [7, 11) is 0. The van der Waals surface area contributed by atoms with Crippen molar-refractivity contribution in [2.24, 2.45) is 11.8 Å². The van der Waals surface area contributed by atoms with Crippen molar-refractivity contribution in [1.29, 1.82) is 0 Å². The van der Waals surface area contributed by atoms with Gasteiger partial charge in [0, 0.05) is 16.9 Å². The van der Waals surface area contributed by atoms with Crippen LogP contribution in [-0.4, -0.2) is 34.0 Å². The Morgan fingerprint density at radius 1 is 0.846 bits per heavy atom. The molecular weight excluding hydrogens is 500 g/mol. The van der Waals surface area contributed by atoms with E-state index < -0.39 is 23.8 Å². The first-order valence-corrected chi connectivity index (χ1v) is 12.7. The largest absolute Gasteiger partial charge is 0.481 e. The smallest absolute Gasteiger partial charge is 0.307 e. The molecule has 1 aliphatic rings. The van der Waals surface area contributed by atoms with Crippen LogP contribution in [0.2, 0.25) is 0 Å². The van der Waals surface area contributed by atoms with Crippen molar-refractivity contribution in [3.8, 4) is 11.5 Å². The van der Waals surface area contributed by atoms with Gasteiger partial charge in [0.2, 0.25) is 5.91 Å². The lowest BCUT2D eigenvalue weighted by Gasteiger charge is -2.27. The molecule has 0 heterocycles. The maximum Gasteiger partial charge on any atom is 0.307 e. The number of hydrogen-bond donors (Lipinski definition) is 4. The molecule has 39 heavy (non-hydrogen) atoms. The summed E-state index contributed by atoms with van der Waals surface area (Å²) in [6, 6.07) is 18.5. The monoisotopic (exact) mass is 530 g/mol. The molecular formula is C30H30N2O7. The van der Waals surface area contributed by atoms with Crippen LogP contribution in [0, 0.1) is 18.8 Å². The van der Waals surface area contributed by atoms with Crippen LogP contribution in [0.15, 0.2) is 66.7 Å². The number of ether oxygens (including phenoxy) is 1. The van der Waals surface area contributed by atoms with Gasteiger partial charge in [0.15, 0.2) is 0 Å². The number of carboxylic acid groups (broad SMARTS) is 2. The van der Waals surface area contributed by atoms with Gasteiger partial charge in [-0.05, 0) is 85.5 Å². The fraction of sp³-hybridized carbons (Fsp3) is 0.267. The number of aryl methyl sites for hydroxylation is 1. The van der Waals surface area contributed by atoms with E-state index in [1.165, 1.54) is 0 Å². The van der Waals surface area contributed by atoms with E-state index in [4.69, 9.17) is 9.84 Å². The van der Waals surface area contributed by atoms with Crippen LogP contribution in [0.4, 0.5) is 11.4 Å². The molecule has 1 aliphatic carbocycles. The molecule has 4 rings (SSSR count). The molecule has 0 bridgehead atoms. The number of hydrogen-bond acceptors (Lipinski definition) is 5. The molecule has 3 aromatic carbocycles. The van der Waals surface area contributed by atoms with E-state index in [2.05, 4.69) is 10.6 Å². The van der Waals surface area contributed by atoms with E-state index in [9.17, 15) is 24.3 Å². The zero-order valence-corrected chi connectivity index (χ0v) is 21.5. The van der Waals surface area contributed by atoms with Crippen LogP contribution in [0.5, 0.6) is 11.5 Å². The maximum absolute atomic E-state index is 12.8. The Morgan fingerprint density at radius 2 is 1.54 bits per heavy atom. The van der Waals surface area contributed by atoms with Crippen molar-refractivity contribution in [3.63, 3.8) is 0 Å². The lowest BCUT2D eigenvalue weighted by molar-refractivity contribution is -0.147. The molecule has 0 spiro atoms. The summed E-state index contributed by atoms with van der Waals surface area (Å²) in [6.45, 7) is 1.85. The quantitative estimate of drug-likeness (QED) is 0.286. The molecule has 0 aromatic heterocycles. The molecule has 9 heteroatoms. The summed E-state index contributed by atoms with van der Waals surface area (Å²) in [6.07, 6.45) is 2.58. The molecule has 1 fully saturated rings. The van der Waals surface area contributed by atoms with Gasteiger partial charge < -0.3 is 25.6 Å². The van der Waals surface area contributed by atoms with Crippen molar-refractivity contribution in [1.82, 2.24) is 0 Å². The Balaban J connectivity index is 1.36. The molecule has 3 aromatic rings. The van der Waals surface area contributed by atoms with E-state index in [1.54, 1.807) is 66.7 Å². The molecule has 2 atom stereocenters. The molecule has 2 amide bonds. The number of carbonyl (C=O) groups is 4. The Morgan fingerprint density at radius 3 is 2.21 bits per heavy atom. The van der Waals surface area contributed by atoms with E-state index in [1.807, 2.05) is 6.92 Å². The first-order valence-electron chi connectivity index (χ1n) is 12.7. The zero-order valence-electron chi connectivity index (χ0n) is 21.5. The first-order chi connectivity index (χ1) is 18.7. The number of nitrogens with one attached hydrogen (secondary N) is 2. The molecule has 0 saturated heterocycles. The highest BCUT2D eigenvalue weighted by Gasteiger charge is 2.35. The number of amides is 2. The van der Waals surface area contributed by atoms with Crippen LogP contribution in [0.25, 0.3) is 0 Å². The van der Waals surface area contributed by atoms with Crippen molar-refractivity contribution in [3.05, 3.63) is 83.4 Å². The van der Waals surface area contributed by atoms with Gasteiger partial charge in [0.05, 0.1) is 18.3 Å². The number of benzene rings is 3. The zero-order chi connectivity index (χ0) is 27.9. The predicted octanol–water partition coefficient (Wildman–Crippen LogP) is 5.50. The Labute approximate surface area is 225 Å². The van der Waals surface area contributed by atoms with Gasteiger partial charge >= 0.3 is 11.9 Å². The van der Waals surface area contributed by atoms with Crippen molar-refractivity contribution < 1.29 is 34.1 Å². The molecule has 4 N–H and O–H groups in total. The molecule has 0 radical (unpaired) electrons. The van der Waals surface area contributed by atoms with Crippen LogP contribution in [-0.2, 0) is 20.8 Å². The summed E-state index contributed by atoms with van der Waals surface area (Å²) in [4.78, 5) is 47.8. The van der Waals surface area contributed by atoms with Gasteiger partial charge in [-0.1, -0.05) is 25.0 Å². The third-order valence-corrected chi connectivity index (χ3v) is 6.75. The highest BCUT2D eigenvalue weighted by atomic mass is 16.5. The summed E-state index contributed by atoms with van der Waals surface area (Å²) in [5.41, 5.74) is 2.81. The summed E-state index contributed by atoms with van der Waals surface area (Å²) < 4.78 is 5.97. The molecule has 1 saturated carbocycles. The third-order valence-electron chi connectivity index (χ3n) is 6.75. The van der Waals surface area contributed by atoms with Crippen LogP contribution in [0.1, 0.15) is 47.2 Å². The minimum absolute atomic E-state index is 0.161. The fourth-order valence-corrected chi connectivity index (χ4v) is 4.75. The average molecular weight is 531 g/mol. The third kappa shape index (κ3) is 7.22. The summed E-state index contributed by atoms with van der Waals surface area (Å²) >= 11 is 0. The summed E-state index contributed by atoms with van der Waals surface area (Å²) in [5.74, 6) is -2.59. The second-order valence-electron chi connectivity index (χ2n) is 9.66. The van der Waals surface area contributed by atoms with Crippen molar-refractivity contribution in [2.75, 3.05) is 10.6 Å². The molecule has 202 valence electrons. The normalized spacial score (nSPS) is 16.6. The fourth-order valence-electron chi connectivity index (χ4n) is 4.75. The Bertz CT molecular complexity index is 1380. The highest BCUT2D eigenvalue weighted by molar-refractivity contribution is 6.04. The minimum Gasteiger partial charge on any atom is -0.481 e. The maximum atomic E-state index is 12.8. The van der Waals surface area contributed by atoms with Crippen LogP contribution < -0.4 is 15.4 Å². The number of rotatable bonds is 9. The SMILES string of the molecule is Cc1cc(NC(=O)C2CCCCC2C(=O)O)ccc1Oc1ccc(NC(=O)c2cccc(CC(=O)O)c2)cc1. The van der Waals surface area contributed by atoms with Gasteiger partial charge in [-0.3, -0.25) is 19.2 Å². The Hall–Kier alpha value is -4.66. The van der Waals surface area contributed by atoms with Crippen molar-refractivity contribution in [2.45, 2.75) is 39.0 Å². The molecule has 9 nitrogen and oxygen atoms in total. The number of anilines is 2. The number of carbonyl (C=O) groups excluding carboxylic acids is 2. The minimum atomic E-state index is -0.967. The van der Waals surface area contributed by atoms with Gasteiger partial charge in [-0.25, -0.2) is 0 Å². The lowest BCUT2D eigenvalue weighted by Crippen LogP contribution is -2.36. The standard InChI is InChI=1S/C30H30N2O7/c1-18-15-22(32-29(36)24-7-2-3-8-25(24)30(37)38)11-14-26(18)39-23-12-9-21(10-13-23)31-28(35)20-6-4-5-19(16-20)17-27(33)34/h4-6,9-16,24-25H,2-3,7-8,17H2,1H3,(H,31,35)(H,32,36)(H,33,34)(H,37,38). The van der Waals surface area contributed by atoms with Gasteiger partial charge in [0.25, 0.3) is 5.91 Å². The number of carboxylic acids is 2.